The van der Waals surface area contributed by atoms with E-state index < -0.39 is 10.2 Å². The second-order valence-electron chi connectivity index (χ2n) is 5.87. The summed E-state index contributed by atoms with van der Waals surface area (Å²) in [6.07, 6.45) is 6.91. The average Bonchev–Trinajstić information content (AvgIpc) is 2.68. The predicted molar refractivity (Wildman–Crippen MR) is 72.3 cm³/mol. The second kappa shape index (κ2) is 6.64. The van der Waals surface area contributed by atoms with Crippen LogP contribution < -0.4 is 18.6 Å². The monoisotopic (exact) mass is 327 g/mol. The molecule has 6 heteroatoms. The van der Waals surface area contributed by atoms with Crippen molar-refractivity contribution >= 4 is 11.4 Å². The third kappa shape index (κ3) is 3.50. The van der Waals surface area contributed by atoms with E-state index in [4.69, 9.17) is 18.6 Å². The summed E-state index contributed by atoms with van der Waals surface area (Å²) >= 11 is 0. The zero-order valence-corrected chi connectivity index (χ0v) is 13.8. The first-order valence-electron chi connectivity index (χ1n) is 7.62. The van der Waals surface area contributed by atoms with E-state index in [0.717, 1.165) is 6.54 Å². The first-order chi connectivity index (χ1) is 10.3. The first kappa shape index (κ1) is 17.4. The Labute approximate surface area is 133 Å². The lowest BCUT2D eigenvalue weighted by atomic mass is 9.68. The minimum absolute atomic E-state index is 0.380. The SMILES string of the molecule is CC[N+]1=C(C)C2(CCCCC2)c2ccccc21.[O-][Cl+3]([O-])([O-])[O-]. The molecule has 3 rings (SSSR count). The van der Waals surface area contributed by atoms with Gasteiger partial charge in [-0.3, -0.25) is 0 Å². The lowest BCUT2D eigenvalue weighted by Crippen LogP contribution is -2.68. The van der Waals surface area contributed by atoms with Crippen molar-refractivity contribution in [3.8, 4) is 0 Å². The van der Waals surface area contributed by atoms with Crippen molar-refractivity contribution in [2.24, 2.45) is 0 Å². The fraction of sp³-hybridized carbons (Fsp3) is 0.562. The Morgan fingerprint density at radius 1 is 1.05 bits per heavy atom. The molecule has 1 fully saturated rings. The molecule has 1 spiro atoms. The van der Waals surface area contributed by atoms with E-state index >= 15 is 0 Å². The molecule has 5 nitrogen and oxygen atoms in total. The maximum atomic E-state index is 8.49. The van der Waals surface area contributed by atoms with Crippen LogP contribution in [0.1, 0.15) is 51.5 Å². The Bertz CT molecular complexity index is 554. The Kier molecular flexibility index (Phi) is 5.25. The fourth-order valence-corrected chi connectivity index (χ4v) is 3.94. The highest BCUT2D eigenvalue weighted by molar-refractivity contribution is 5.94. The van der Waals surface area contributed by atoms with Gasteiger partial charge in [0, 0.05) is 18.6 Å². The molecule has 122 valence electrons. The molecule has 0 bridgehead atoms. The molecule has 0 amide bonds. The molecule has 1 aromatic rings. The maximum absolute atomic E-state index is 8.49. The summed E-state index contributed by atoms with van der Waals surface area (Å²) in [7, 11) is -4.94. The number of fused-ring (bicyclic) bond motifs is 2. The van der Waals surface area contributed by atoms with Gasteiger partial charge < -0.3 is 0 Å². The highest BCUT2D eigenvalue weighted by Crippen LogP contribution is 2.48. The van der Waals surface area contributed by atoms with Gasteiger partial charge in [0.1, 0.15) is 6.54 Å². The Balaban J connectivity index is 0.000000309. The topological polar surface area (TPSA) is 95.2 Å². The van der Waals surface area contributed by atoms with Crippen LogP contribution in [-0.2, 0) is 5.41 Å². The van der Waals surface area contributed by atoms with E-state index in [9.17, 15) is 0 Å². The molecular weight excluding hydrogens is 306 g/mol. The molecule has 0 radical (unpaired) electrons. The summed E-state index contributed by atoms with van der Waals surface area (Å²) in [5.74, 6) is 0. The molecule has 1 aromatic carbocycles. The van der Waals surface area contributed by atoms with Crippen LogP contribution >= 0.6 is 0 Å². The van der Waals surface area contributed by atoms with Crippen molar-refractivity contribution in [2.45, 2.75) is 51.4 Å². The predicted octanol–water partition coefficient (Wildman–Crippen LogP) is -0.729. The Morgan fingerprint density at radius 3 is 2.14 bits per heavy atom. The smallest absolute Gasteiger partial charge is 0.209 e. The van der Waals surface area contributed by atoms with Crippen molar-refractivity contribution in [2.75, 3.05) is 6.54 Å². The van der Waals surface area contributed by atoms with Crippen molar-refractivity contribution in [1.82, 2.24) is 0 Å². The quantitative estimate of drug-likeness (QED) is 0.635. The van der Waals surface area contributed by atoms with Crippen molar-refractivity contribution < 1.29 is 33.5 Å². The second-order valence-corrected chi connectivity index (χ2v) is 6.62. The number of nitrogens with zero attached hydrogens (tertiary/aromatic N) is 1. The molecular formula is C16H22ClNO4. The Morgan fingerprint density at radius 2 is 1.59 bits per heavy atom. The number of benzene rings is 1. The van der Waals surface area contributed by atoms with Crippen LogP contribution in [-0.4, -0.2) is 16.8 Å². The van der Waals surface area contributed by atoms with Gasteiger partial charge in [0.05, 0.1) is 5.41 Å². The first-order valence-corrected chi connectivity index (χ1v) is 8.86. The lowest BCUT2D eigenvalue weighted by molar-refractivity contribution is -2.00. The summed E-state index contributed by atoms with van der Waals surface area (Å²) in [4.78, 5) is 0. The number of rotatable bonds is 1. The van der Waals surface area contributed by atoms with Crippen molar-refractivity contribution in [3.63, 3.8) is 0 Å². The lowest BCUT2D eigenvalue weighted by Gasteiger charge is -2.31. The molecule has 0 atom stereocenters. The standard InChI is InChI=1S/C16H22N.ClHO4/c1-3-17-13(2)16(11-7-4-8-12-16)14-9-5-6-10-15(14)17;2-1(3,4)5/h5-6,9-10H,3-4,7-8,11-12H2,1-2H3;(H,2,3,4,5)/q+1;/p-1. The highest BCUT2D eigenvalue weighted by Gasteiger charge is 2.49. The molecule has 0 saturated heterocycles. The van der Waals surface area contributed by atoms with Gasteiger partial charge in [-0.1, -0.05) is 37.5 Å². The van der Waals surface area contributed by atoms with Crippen LogP contribution in [0, 0.1) is 10.2 Å². The van der Waals surface area contributed by atoms with Crippen LogP contribution in [0.15, 0.2) is 24.3 Å². The summed E-state index contributed by atoms with van der Waals surface area (Å²) < 4.78 is 36.5. The third-order valence-electron chi connectivity index (χ3n) is 4.83. The molecule has 1 aliphatic carbocycles. The van der Waals surface area contributed by atoms with Gasteiger partial charge in [-0.25, -0.2) is 18.6 Å². The van der Waals surface area contributed by atoms with Crippen molar-refractivity contribution in [3.05, 3.63) is 29.8 Å². The van der Waals surface area contributed by atoms with E-state index in [0.29, 0.717) is 5.41 Å². The van der Waals surface area contributed by atoms with Gasteiger partial charge in [-0.2, -0.15) is 4.58 Å². The summed E-state index contributed by atoms with van der Waals surface area (Å²) in [5.41, 5.74) is 5.04. The van der Waals surface area contributed by atoms with E-state index in [1.165, 1.54) is 37.8 Å². The van der Waals surface area contributed by atoms with Gasteiger partial charge >= 0.3 is 0 Å². The largest absolute Gasteiger partial charge is 0.222 e. The van der Waals surface area contributed by atoms with Gasteiger partial charge in [0.15, 0.2) is 5.71 Å². The fourth-order valence-electron chi connectivity index (χ4n) is 3.94. The normalized spacial score (nSPS) is 19.7. The molecule has 2 aliphatic rings. The number of para-hydroxylation sites is 1. The van der Waals surface area contributed by atoms with E-state index in [1.807, 2.05) is 0 Å². The number of hydrogen-bond donors (Lipinski definition) is 0. The van der Waals surface area contributed by atoms with Gasteiger partial charge in [-0.05, 0) is 19.8 Å². The molecule has 1 aliphatic heterocycles. The Hall–Kier alpha value is -0.980. The number of halogens is 1. The summed E-state index contributed by atoms with van der Waals surface area (Å²) in [5, 5.41) is 0. The molecule has 1 saturated carbocycles. The minimum atomic E-state index is -4.94. The highest BCUT2D eigenvalue weighted by atomic mass is 35.7. The zero-order chi connectivity index (χ0) is 16.4. The summed E-state index contributed by atoms with van der Waals surface area (Å²) in [6.45, 7) is 5.72. The number of hydrogen-bond acceptors (Lipinski definition) is 4. The average molecular weight is 328 g/mol. The van der Waals surface area contributed by atoms with Crippen molar-refractivity contribution in [1.29, 1.82) is 0 Å². The van der Waals surface area contributed by atoms with E-state index in [-0.39, 0.29) is 0 Å². The van der Waals surface area contributed by atoms with Crippen LogP contribution in [0.25, 0.3) is 0 Å². The van der Waals surface area contributed by atoms with Crippen LogP contribution in [0.3, 0.4) is 0 Å². The van der Waals surface area contributed by atoms with E-state index in [2.05, 4.69) is 42.7 Å². The summed E-state index contributed by atoms with van der Waals surface area (Å²) in [6, 6.07) is 9.05. The van der Waals surface area contributed by atoms with E-state index in [1.54, 1.807) is 11.3 Å². The van der Waals surface area contributed by atoms with Crippen LogP contribution in [0.4, 0.5) is 5.69 Å². The molecule has 0 N–H and O–H groups in total. The third-order valence-corrected chi connectivity index (χ3v) is 4.83. The molecule has 22 heavy (non-hydrogen) atoms. The molecule has 1 heterocycles. The van der Waals surface area contributed by atoms with Gasteiger partial charge in [-0.15, -0.1) is 10.2 Å². The maximum Gasteiger partial charge on any atom is 0.209 e. The minimum Gasteiger partial charge on any atom is -0.222 e. The van der Waals surface area contributed by atoms with Crippen LogP contribution in [0.2, 0.25) is 0 Å². The molecule has 0 aromatic heterocycles. The van der Waals surface area contributed by atoms with Crippen LogP contribution in [0.5, 0.6) is 0 Å². The van der Waals surface area contributed by atoms with Gasteiger partial charge in [0.2, 0.25) is 5.69 Å². The molecule has 0 unspecified atom stereocenters. The van der Waals surface area contributed by atoms with Gasteiger partial charge in [0.25, 0.3) is 0 Å². The zero-order valence-electron chi connectivity index (χ0n) is 13.0.